The van der Waals surface area contributed by atoms with Gasteiger partial charge in [-0.15, -0.1) is 0 Å². The first-order chi connectivity index (χ1) is 23.0. The molecule has 3 heterocycles. The van der Waals surface area contributed by atoms with Gasteiger partial charge in [-0.3, -0.25) is 14.4 Å². The molecule has 3 aliphatic heterocycles. The van der Waals surface area contributed by atoms with Crippen LogP contribution >= 0.6 is 0 Å². The summed E-state index contributed by atoms with van der Waals surface area (Å²) in [6.45, 7) is 5.68. The van der Waals surface area contributed by atoms with Crippen molar-refractivity contribution in [2.45, 2.75) is 51.4 Å². The van der Waals surface area contributed by atoms with Crippen molar-refractivity contribution in [3.8, 4) is 28.7 Å². The van der Waals surface area contributed by atoms with Crippen LogP contribution < -0.4 is 23.7 Å². The van der Waals surface area contributed by atoms with Gasteiger partial charge in [-0.2, -0.15) is 0 Å². The maximum Gasteiger partial charge on any atom is 0.347 e. The second-order valence-electron chi connectivity index (χ2n) is 11.0. The molecule has 0 N–H and O–H groups in total. The lowest BCUT2D eigenvalue weighted by Gasteiger charge is -2.53. The van der Waals surface area contributed by atoms with Gasteiger partial charge in [-0.25, -0.2) is 9.59 Å². The summed E-state index contributed by atoms with van der Waals surface area (Å²) in [6, 6.07) is 6.02. The van der Waals surface area contributed by atoms with Gasteiger partial charge in [0.15, 0.2) is 40.8 Å². The molecule has 2 bridgehead atoms. The zero-order valence-electron chi connectivity index (χ0n) is 27.4. The molecule has 0 amide bonds. The molecule has 1 aliphatic carbocycles. The van der Waals surface area contributed by atoms with Crippen LogP contribution in [0.25, 0.3) is 0 Å². The molecule has 6 rings (SSSR count). The Morgan fingerprint density at radius 2 is 1.35 bits per heavy atom. The number of benzene rings is 2. The average molecular weight is 673 g/mol. The zero-order chi connectivity index (χ0) is 34.9. The number of carbonyl (C=O) groups is 5. The van der Waals surface area contributed by atoms with E-state index in [4.69, 9.17) is 47.4 Å². The van der Waals surface area contributed by atoms with Gasteiger partial charge < -0.3 is 47.4 Å². The van der Waals surface area contributed by atoms with Crippen LogP contribution in [0.4, 0.5) is 0 Å². The molecule has 0 spiro atoms. The van der Waals surface area contributed by atoms with Gasteiger partial charge in [0.2, 0.25) is 12.5 Å². The summed E-state index contributed by atoms with van der Waals surface area (Å²) in [5, 5.41) is 0. The largest absolute Gasteiger partial charge is 0.493 e. The van der Waals surface area contributed by atoms with E-state index < -0.39 is 65.4 Å². The van der Waals surface area contributed by atoms with E-state index in [1.807, 2.05) is 0 Å². The normalized spacial score (nSPS) is 22.7. The maximum absolute atomic E-state index is 14.4. The van der Waals surface area contributed by atoms with E-state index >= 15 is 0 Å². The molecule has 0 saturated carbocycles. The number of hydrogen-bond acceptors (Lipinski definition) is 15. The van der Waals surface area contributed by atoms with Crippen molar-refractivity contribution in [3.05, 3.63) is 41.0 Å². The summed E-state index contributed by atoms with van der Waals surface area (Å²) in [6.07, 6.45) is -2.82. The summed E-state index contributed by atoms with van der Waals surface area (Å²) in [7, 11) is 4.14. The van der Waals surface area contributed by atoms with E-state index in [2.05, 4.69) is 0 Å². The van der Waals surface area contributed by atoms with E-state index in [1.165, 1.54) is 53.4 Å². The molecule has 0 aromatic heterocycles. The number of methoxy groups -OCH3 is 3. The van der Waals surface area contributed by atoms with Gasteiger partial charge >= 0.3 is 29.8 Å². The molecule has 4 aliphatic rings. The fourth-order valence-electron chi connectivity index (χ4n) is 6.35. The van der Waals surface area contributed by atoms with Gasteiger partial charge in [0, 0.05) is 11.1 Å². The Labute approximate surface area is 275 Å². The van der Waals surface area contributed by atoms with Crippen molar-refractivity contribution < 1.29 is 71.3 Å². The van der Waals surface area contributed by atoms with Crippen molar-refractivity contribution in [2.24, 2.45) is 11.8 Å². The molecule has 1 fully saturated rings. The van der Waals surface area contributed by atoms with E-state index in [9.17, 15) is 24.0 Å². The maximum atomic E-state index is 14.4. The Morgan fingerprint density at radius 3 is 1.88 bits per heavy atom. The van der Waals surface area contributed by atoms with Crippen LogP contribution in [0.15, 0.2) is 24.3 Å². The molecule has 258 valence electrons. The van der Waals surface area contributed by atoms with Crippen LogP contribution in [0.3, 0.4) is 0 Å². The third-order valence-corrected chi connectivity index (χ3v) is 8.39. The molecule has 2 aromatic carbocycles. The molecule has 15 nitrogen and oxygen atoms in total. The molecule has 2 aromatic rings. The van der Waals surface area contributed by atoms with E-state index in [0.717, 1.165) is 0 Å². The Bertz CT molecular complexity index is 1610. The first-order valence-electron chi connectivity index (χ1n) is 15.2. The summed E-state index contributed by atoms with van der Waals surface area (Å²) in [5.41, 5.74) is -1.49. The molecule has 0 radical (unpaired) electrons. The van der Waals surface area contributed by atoms with Crippen LogP contribution in [0.5, 0.6) is 28.7 Å². The molecule has 15 heteroatoms. The molecular formula is C33H36O15. The van der Waals surface area contributed by atoms with Crippen molar-refractivity contribution in [3.63, 3.8) is 0 Å². The number of esters is 5. The minimum Gasteiger partial charge on any atom is -0.493 e. The molecule has 1 saturated heterocycles. The lowest BCUT2D eigenvalue weighted by Crippen LogP contribution is -2.62. The predicted octanol–water partition coefficient (Wildman–Crippen LogP) is 2.56. The van der Waals surface area contributed by atoms with Crippen molar-refractivity contribution in [2.75, 3.05) is 41.3 Å². The summed E-state index contributed by atoms with van der Waals surface area (Å²) in [4.78, 5) is 67.7. The van der Waals surface area contributed by atoms with Crippen LogP contribution in [0.2, 0.25) is 0 Å². The average Bonchev–Trinajstić information content (AvgIpc) is 3.54. The standard InChI is InChI=1S/C33H36O15/c1-8-42-28(34)15(3)46-30(36)25-24-18-12-20-21(45-14-44-20)13-19(18)33(48-31(24)37,26(25)32(38)47-16(4)29(35)43-9-2)17-10-22(39-5)27(41-7)23(11-17)40-6/h10-13,15-16,24-26H,8-9,14H2,1-7H3/t15-,16-,24+,25-,26-,33-/m0/s1. The molecule has 6 atom stereocenters. The topological polar surface area (TPSA) is 178 Å². The highest BCUT2D eigenvalue weighted by Gasteiger charge is 2.69. The summed E-state index contributed by atoms with van der Waals surface area (Å²) < 4.78 is 55.3. The van der Waals surface area contributed by atoms with Gasteiger partial charge in [0.25, 0.3) is 0 Å². The van der Waals surface area contributed by atoms with E-state index in [0.29, 0.717) is 0 Å². The number of ether oxygens (including phenoxy) is 10. The van der Waals surface area contributed by atoms with Gasteiger partial charge in [0.05, 0.1) is 46.4 Å². The Hall–Kier alpha value is -5.21. The first kappa shape index (κ1) is 34.1. The molecular weight excluding hydrogens is 636 g/mol. The Morgan fingerprint density at radius 1 is 0.812 bits per heavy atom. The lowest BCUT2D eigenvalue weighted by atomic mass is 9.56. The van der Waals surface area contributed by atoms with Crippen LogP contribution in [-0.4, -0.2) is 83.4 Å². The van der Waals surface area contributed by atoms with Crippen molar-refractivity contribution in [1.29, 1.82) is 0 Å². The first-order valence-corrected chi connectivity index (χ1v) is 15.2. The highest BCUT2D eigenvalue weighted by Crippen LogP contribution is 2.62. The summed E-state index contributed by atoms with van der Waals surface area (Å²) >= 11 is 0. The van der Waals surface area contributed by atoms with Gasteiger partial charge in [-0.05, 0) is 57.5 Å². The van der Waals surface area contributed by atoms with Crippen LogP contribution in [0.1, 0.15) is 50.3 Å². The molecule has 0 unspecified atom stereocenters. The Balaban J connectivity index is 1.79. The third kappa shape index (κ3) is 5.56. The quantitative estimate of drug-likeness (QED) is 0.237. The number of rotatable bonds is 12. The second-order valence-corrected chi connectivity index (χ2v) is 11.0. The fourth-order valence-corrected chi connectivity index (χ4v) is 6.35. The lowest BCUT2D eigenvalue weighted by molar-refractivity contribution is -0.208. The fraction of sp³-hybridized carbons (Fsp3) is 0.485. The zero-order valence-corrected chi connectivity index (χ0v) is 27.4. The number of fused-ring (bicyclic) bond motifs is 3. The minimum absolute atomic E-state index is 0.0144. The monoisotopic (exact) mass is 672 g/mol. The van der Waals surface area contributed by atoms with E-state index in [1.54, 1.807) is 19.9 Å². The predicted molar refractivity (Wildman–Crippen MR) is 160 cm³/mol. The third-order valence-electron chi connectivity index (χ3n) is 8.39. The highest BCUT2D eigenvalue weighted by molar-refractivity contribution is 5.98. The summed E-state index contributed by atoms with van der Waals surface area (Å²) in [5.74, 6) is -8.51. The van der Waals surface area contributed by atoms with Gasteiger partial charge in [0.1, 0.15) is 5.92 Å². The molecule has 48 heavy (non-hydrogen) atoms. The Kier molecular flexibility index (Phi) is 9.59. The van der Waals surface area contributed by atoms with Crippen molar-refractivity contribution >= 4 is 29.8 Å². The minimum atomic E-state index is -2.14. The van der Waals surface area contributed by atoms with Crippen molar-refractivity contribution in [1.82, 2.24) is 0 Å². The van der Waals surface area contributed by atoms with Gasteiger partial charge in [-0.1, -0.05) is 0 Å². The van der Waals surface area contributed by atoms with Crippen LogP contribution in [-0.2, 0) is 53.3 Å². The SMILES string of the molecule is CCOC(=O)[C@H](C)OC(=O)[C@H]1[C@@H]2C(=O)O[C@@](c3cc(OC)c(OC)c(OC)c3)(c3cc4c(cc32)OCO4)[C@@H]1C(=O)O[C@@H](C)C(=O)OCC. The number of hydrogen-bond donors (Lipinski definition) is 0. The van der Waals surface area contributed by atoms with E-state index in [-0.39, 0.29) is 65.4 Å². The second kappa shape index (κ2) is 13.5. The smallest absolute Gasteiger partial charge is 0.347 e. The number of carbonyl (C=O) groups excluding carboxylic acids is 5. The highest BCUT2D eigenvalue weighted by atomic mass is 16.7. The van der Waals surface area contributed by atoms with Crippen LogP contribution in [0, 0.1) is 11.8 Å².